The number of nitrogens with two attached hydrogens (primary N) is 1. The molecule has 0 amide bonds. The predicted molar refractivity (Wildman–Crippen MR) is 104 cm³/mol. The Kier molecular flexibility index (Phi) is 5.30. The minimum absolute atomic E-state index is 0.156. The lowest BCUT2D eigenvalue weighted by atomic mass is 9.93. The van der Waals surface area contributed by atoms with Crippen LogP contribution in [0.5, 0.6) is 5.75 Å². The molecule has 1 aliphatic heterocycles. The summed E-state index contributed by atoms with van der Waals surface area (Å²) in [6.45, 7) is 7.30. The highest BCUT2D eigenvalue weighted by atomic mass is 32.1. The predicted octanol–water partition coefficient (Wildman–Crippen LogP) is 3.75. The number of anilines is 1. The Morgan fingerprint density at radius 1 is 1.36 bits per heavy atom. The second-order valence-electron chi connectivity index (χ2n) is 6.60. The molecule has 0 saturated carbocycles. The maximum absolute atomic E-state index is 6.05. The van der Waals surface area contributed by atoms with Crippen molar-refractivity contribution in [2.45, 2.75) is 38.9 Å². The Bertz CT molecular complexity index is 739. The monoisotopic (exact) mass is 359 g/mol. The van der Waals surface area contributed by atoms with E-state index in [-0.39, 0.29) is 6.10 Å². The van der Waals surface area contributed by atoms with Crippen LogP contribution in [0.15, 0.2) is 40.7 Å². The second kappa shape index (κ2) is 7.45. The van der Waals surface area contributed by atoms with Crippen molar-refractivity contribution >= 4 is 23.0 Å². The van der Waals surface area contributed by atoms with Crippen molar-refractivity contribution in [1.82, 2.24) is 0 Å². The molecular formula is C19H25N3O2S. The van der Waals surface area contributed by atoms with Gasteiger partial charge in [-0.1, -0.05) is 0 Å². The number of hydrogen-bond donors (Lipinski definition) is 2. The summed E-state index contributed by atoms with van der Waals surface area (Å²) >= 11 is 1.78. The van der Waals surface area contributed by atoms with E-state index in [1.165, 1.54) is 10.4 Å². The molecule has 0 bridgehead atoms. The van der Waals surface area contributed by atoms with Crippen molar-refractivity contribution < 1.29 is 9.47 Å². The van der Waals surface area contributed by atoms with Crippen LogP contribution in [0, 0.1) is 0 Å². The van der Waals surface area contributed by atoms with Crippen molar-refractivity contribution in [2.75, 3.05) is 18.5 Å². The van der Waals surface area contributed by atoms with E-state index in [2.05, 4.69) is 28.7 Å². The first-order valence-corrected chi connectivity index (χ1v) is 9.39. The van der Waals surface area contributed by atoms with Crippen LogP contribution in [0.25, 0.3) is 0 Å². The maximum Gasteiger partial charge on any atom is 0.193 e. The van der Waals surface area contributed by atoms with Gasteiger partial charge in [-0.25, -0.2) is 4.99 Å². The highest BCUT2D eigenvalue weighted by Gasteiger charge is 2.33. The van der Waals surface area contributed by atoms with Gasteiger partial charge in [0.05, 0.1) is 19.3 Å². The standard InChI is InChI=1S/C19H25N3O2S/c1-13(2)24-15-6-4-14(5-7-15)22-18(20)21-12-19(3)16-9-11-25-17(16)8-10-23-19/h4-7,9,11,13H,8,10,12H2,1-3H3,(H3,20,21,22). The first kappa shape index (κ1) is 17.8. The number of nitrogens with one attached hydrogen (secondary N) is 1. The molecular weight excluding hydrogens is 334 g/mol. The number of rotatable bonds is 5. The summed E-state index contributed by atoms with van der Waals surface area (Å²) in [4.78, 5) is 5.88. The molecule has 0 aliphatic carbocycles. The van der Waals surface area contributed by atoms with Gasteiger partial charge in [-0.3, -0.25) is 0 Å². The van der Waals surface area contributed by atoms with E-state index in [1.807, 2.05) is 38.1 Å². The topological polar surface area (TPSA) is 68.9 Å². The summed E-state index contributed by atoms with van der Waals surface area (Å²) in [6, 6.07) is 9.81. The van der Waals surface area contributed by atoms with Crippen LogP contribution < -0.4 is 15.8 Å². The third kappa shape index (κ3) is 4.32. The van der Waals surface area contributed by atoms with E-state index in [4.69, 9.17) is 15.2 Å². The van der Waals surface area contributed by atoms with Gasteiger partial charge in [0.15, 0.2) is 5.96 Å². The first-order valence-electron chi connectivity index (χ1n) is 8.51. The number of thiophene rings is 1. The molecule has 134 valence electrons. The molecule has 0 saturated heterocycles. The quantitative estimate of drug-likeness (QED) is 0.630. The molecule has 5 nitrogen and oxygen atoms in total. The summed E-state index contributed by atoms with van der Waals surface area (Å²) in [7, 11) is 0. The molecule has 2 heterocycles. The van der Waals surface area contributed by atoms with E-state index in [1.54, 1.807) is 11.3 Å². The fraction of sp³-hybridized carbons (Fsp3) is 0.421. The zero-order chi connectivity index (χ0) is 17.9. The molecule has 0 fully saturated rings. The van der Waals surface area contributed by atoms with E-state index >= 15 is 0 Å². The van der Waals surface area contributed by atoms with E-state index in [0.717, 1.165) is 24.5 Å². The summed E-state index contributed by atoms with van der Waals surface area (Å²) in [6.07, 6.45) is 1.13. The highest BCUT2D eigenvalue weighted by molar-refractivity contribution is 7.10. The third-order valence-electron chi connectivity index (χ3n) is 4.11. The van der Waals surface area contributed by atoms with Gasteiger partial charge in [-0.15, -0.1) is 11.3 Å². The van der Waals surface area contributed by atoms with Crippen LogP contribution in [0.3, 0.4) is 0 Å². The van der Waals surface area contributed by atoms with Crippen molar-refractivity contribution in [3.05, 3.63) is 46.2 Å². The van der Waals surface area contributed by atoms with Crippen molar-refractivity contribution in [3.63, 3.8) is 0 Å². The van der Waals surface area contributed by atoms with Gasteiger partial charge in [0.2, 0.25) is 0 Å². The number of guanidine groups is 1. The van der Waals surface area contributed by atoms with Crippen molar-refractivity contribution in [2.24, 2.45) is 10.7 Å². The fourth-order valence-electron chi connectivity index (χ4n) is 2.90. The summed E-state index contributed by atoms with van der Waals surface area (Å²) < 4.78 is 11.6. The minimum Gasteiger partial charge on any atom is -0.491 e. The van der Waals surface area contributed by atoms with Gasteiger partial charge in [0, 0.05) is 17.0 Å². The van der Waals surface area contributed by atoms with Gasteiger partial charge in [0.1, 0.15) is 11.4 Å². The Morgan fingerprint density at radius 3 is 2.84 bits per heavy atom. The van der Waals surface area contributed by atoms with Crippen LogP contribution >= 0.6 is 11.3 Å². The second-order valence-corrected chi connectivity index (χ2v) is 7.60. The normalized spacial score (nSPS) is 20.4. The number of fused-ring (bicyclic) bond motifs is 1. The lowest BCUT2D eigenvalue weighted by Gasteiger charge is -2.33. The van der Waals surface area contributed by atoms with Gasteiger partial charge >= 0.3 is 0 Å². The van der Waals surface area contributed by atoms with Crippen molar-refractivity contribution in [3.8, 4) is 5.75 Å². The van der Waals surface area contributed by atoms with Crippen LogP contribution in [0.2, 0.25) is 0 Å². The minimum atomic E-state index is -0.408. The highest BCUT2D eigenvalue weighted by Crippen LogP contribution is 2.36. The molecule has 3 rings (SSSR count). The number of benzene rings is 1. The lowest BCUT2D eigenvalue weighted by Crippen LogP contribution is -2.36. The molecule has 1 aromatic heterocycles. The largest absolute Gasteiger partial charge is 0.491 e. The average molecular weight is 359 g/mol. The molecule has 3 N–H and O–H groups in total. The number of ether oxygens (including phenoxy) is 2. The average Bonchev–Trinajstić information content (AvgIpc) is 3.05. The van der Waals surface area contributed by atoms with Crippen LogP contribution in [0.1, 0.15) is 31.2 Å². The number of hydrogen-bond acceptors (Lipinski definition) is 4. The maximum atomic E-state index is 6.05. The molecule has 1 aromatic carbocycles. The lowest BCUT2D eigenvalue weighted by molar-refractivity contribution is -0.0374. The summed E-state index contributed by atoms with van der Waals surface area (Å²) in [5.74, 6) is 1.22. The molecule has 1 aliphatic rings. The molecule has 25 heavy (non-hydrogen) atoms. The molecule has 0 radical (unpaired) electrons. The first-order chi connectivity index (χ1) is 12.0. The van der Waals surface area contributed by atoms with Gasteiger partial charge in [0.25, 0.3) is 0 Å². The SMILES string of the molecule is CC(C)Oc1ccc(NC(N)=NCC2(C)OCCc3sccc32)cc1. The number of nitrogens with zero attached hydrogens (tertiary/aromatic N) is 1. The molecule has 0 spiro atoms. The Labute approximate surface area is 152 Å². The van der Waals surface area contributed by atoms with E-state index in [0.29, 0.717) is 12.5 Å². The third-order valence-corrected chi connectivity index (χ3v) is 5.10. The zero-order valence-corrected chi connectivity index (χ0v) is 15.7. The molecule has 1 unspecified atom stereocenters. The van der Waals surface area contributed by atoms with Crippen LogP contribution in [-0.2, 0) is 16.8 Å². The number of aliphatic imine (C=N–C) groups is 1. The summed E-state index contributed by atoms with van der Waals surface area (Å²) in [5.41, 5.74) is 7.75. The summed E-state index contributed by atoms with van der Waals surface area (Å²) in [5, 5.41) is 5.23. The van der Waals surface area contributed by atoms with E-state index in [9.17, 15) is 0 Å². The fourth-order valence-corrected chi connectivity index (χ4v) is 3.88. The smallest absolute Gasteiger partial charge is 0.193 e. The van der Waals surface area contributed by atoms with Crippen molar-refractivity contribution in [1.29, 1.82) is 0 Å². The Morgan fingerprint density at radius 2 is 2.12 bits per heavy atom. The van der Waals surface area contributed by atoms with Gasteiger partial charge in [-0.2, -0.15) is 0 Å². The molecule has 6 heteroatoms. The van der Waals surface area contributed by atoms with Crippen LogP contribution in [0.4, 0.5) is 5.69 Å². The zero-order valence-electron chi connectivity index (χ0n) is 14.9. The van der Waals surface area contributed by atoms with Crippen LogP contribution in [-0.4, -0.2) is 25.2 Å². The van der Waals surface area contributed by atoms with E-state index < -0.39 is 5.60 Å². The van der Waals surface area contributed by atoms with Gasteiger partial charge < -0.3 is 20.5 Å². The Balaban J connectivity index is 1.63. The Hall–Kier alpha value is -2.05. The molecule has 2 aromatic rings. The van der Waals surface area contributed by atoms with Gasteiger partial charge in [-0.05, 0) is 62.0 Å². The molecule has 1 atom stereocenters.